The van der Waals surface area contributed by atoms with Crippen LogP contribution in [0.1, 0.15) is 21.5 Å². The van der Waals surface area contributed by atoms with Gasteiger partial charge in [0.2, 0.25) is 0 Å². The van der Waals surface area contributed by atoms with Crippen LogP contribution < -0.4 is 10.2 Å². The summed E-state index contributed by atoms with van der Waals surface area (Å²) in [6.07, 6.45) is -0.736. The topological polar surface area (TPSA) is 58.6 Å². The van der Waals surface area contributed by atoms with Crippen LogP contribution in [-0.4, -0.2) is 31.2 Å². The van der Waals surface area contributed by atoms with Crippen molar-refractivity contribution in [1.29, 1.82) is 0 Å². The lowest BCUT2D eigenvalue weighted by atomic mass is 10.1. The fraction of sp³-hybridized carbons (Fsp3) is 0.263. The van der Waals surface area contributed by atoms with E-state index in [1.165, 1.54) is 0 Å². The molecule has 1 unspecified atom stereocenters. The Morgan fingerprint density at radius 1 is 1.17 bits per heavy atom. The molecule has 5 heteroatoms. The molecule has 2 amide bonds. The zero-order chi connectivity index (χ0) is 17.1. The van der Waals surface area contributed by atoms with E-state index >= 15 is 0 Å². The maximum Gasteiger partial charge on any atom is 0.414 e. The SMILES string of the molecule is Cc1ccc(C(=O)NCC2CN(c3ccccc3)C(=O)O2)cc1C. The molecular weight excluding hydrogens is 304 g/mol. The fourth-order valence-corrected chi connectivity index (χ4v) is 2.64. The molecule has 0 bridgehead atoms. The number of carbonyl (C=O) groups excluding carboxylic acids is 2. The Kier molecular flexibility index (Phi) is 4.51. The Bertz CT molecular complexity index is 758. The predicted molar refractivity (Wildman–Crippen MR) is 92.3 cm³/mol. The van der Waals surface area contributed by atoms with Crippen molar-refractivity contribution < 1.29 is 14.3 Å². The van der Waals surface area contributed by atoms with E-state index in [-0.39, 0.29) is 18.1 Å². The van der Waals surface area contributed by atoms with E-state index in [1.807, 2.05) is 56.3 Å². The van der Waals surface area contributed by atoms with Crippen molar-refractivity contribution in [3.8, 4) is 0 Å². The highest BCUT2D eigenvalue weighted by molar-refractivity contribution is 5.94. The first-order chi connectivity index (χ1) is 11.5. The third kappa shape index (κ3) is 3.40. The molecule has 2 aromatic rings. The van der Waals surface area contributed by atoms with Gasteiger partial charge in [-0.3, -0.25) is 9.69 Å². The van der Waals surface area contributed by atoms with E-state index in [0.29, 0.717) is 18.7 Å². The predicted octanol–water partition coefficient (Wildman–Crippen LogP) is 3.06. The second kappa shape index (κ2) is 6.74. The van der Waals surface area contributed by atoms with Gasteiger partial charge in [-0.2, -0.15) is 0 Å². The molecule has 24 heavy (non-hydrogen) atoms. The zero-order valence-corrected chi connectivity index (χ0v) is 13.8. The number of cyclic esters (lactones) is 1. The average Bonchev–Trinajstić information content (AvgIpc) is 2.97. The summed E-state index contributed by atoms with van der Waals surface area (Å²) in [4.78, 5) is 25.8. The lowest BCUT2D eigenvalue weighted by Crippen LogP contribution is -2.34. The van der Waals surface area contributed by atoms with Crippen molar-refractivity contribution in [2.24, 2.45) is 0 Å². The first kappa shape index (κ1) is 16.1. The van der Waals surface area contributed by atoms with Crippen molar-refractivity contribution in [3.63, 3.8) is 0 Å². The number of carbonyl (C=O) groups is 2. The Labute approximate surface area is 141 Å². The summed E-state index contributed by atoms with van der Waals surface area (Å²) < 4.78 is 5.33. The number of benzene rings is 2. The summed E-state index contributed by atoms with van der Waals surface area (Å²) in [6, 6.07) is 14.9. The van der Waals surface area contributed by atoms with Crippen molar-refractivity contribution in [2.75, 3.05) is 18.0 Å². The minimum Gasteiger partial charge on any atom is -0.442 e. The number of hydrogen-bond acceptors (Lipinski definition) is 3. The molecule has 5 nitrogen and oxygen atoms in total. The molecule has 2 aromatic carbocycles. The van der Waals surface area contributed by atoms with Crippen LogP contribution in [0.3, 0.4) is 0 Å². The van der Waals surface area contributed by atoms with Crippen LogP contribution in [0.15, 0.2) is 48.5 Å². The minimum atomic E-state index is -0.383. The molecule has 0 radical (unpaired) electrons. The third-order valence-corrected chi connectivity index (χ3v) is 4.20. The number of para-hydroxylation sites is 1. The van der Waals surface area contributed by atoms with Crippen LogP contribution in [-0.2, 0) is 4.74 Å². The Morgan fingerprint density at radius 2 is 1.92 bits per heavy atom. The highest BCUT2D eigenvalue weighted by atomic mass is 16.6. The van der Waals surface area contributed by atoms with Gasteiger partial charge in [0.15, 0.2) is 0 Å². The number of nitrogens with zero attached hydrogens (tertiary/aromatic N) is 1. The highest BCUT2D eigenvalue weighted by Crippen LogP contribution is 2.20. The van der Waals surface area contributed by atoms with Crippen LogP contribution >= 0.6 is 0 Å². The maximum atomic E-state index is 12.2. The number of rotatable bonds is 4. The Hall–Kier alpha value is -2.82. The maximum absolute atomic E-state index is 12.2. The molecule has 1 N–H and O–H groups in total. The van der Waals surface area contributed by atoms with Gasteiger partial charge in [0.25, 0.3) is 5.91 Å². The molecule has 3 rings (SSSR count). The van der Waals surface area contributed by atoms with E-state index in [0.717, 1.165) is 16.8 Å². The standard InChI is InChI=1S/C19H20N2O3/c1-13-8-9-15(10-14(13)2)18(22)20-11-17-12-21(19(23)24-17)16-6-4-3-5-7-16/h3-10,17H,11-12H2,1-2H3,(H,20,22). The zero-order valence-electron chi connectivity index (χ0n) is 13.8. The largest absolute Gasteiger partial charge is 0.442 e. The molecule has 0 aliphatic carbocycles. The summed E-state index contributed by atoms with van der Waals surface area (Å²) in [5.74, 6) is -0.160. The number of nitrogens with one attached hydrogen (secondary N) is 1. The van der Waals surface area contributed by atoms with Crippen molar-refractivity contribution in [3.05, 3.63) is 65.2 Å². The molecule has 1 saturated heterocycles. The number of anilines is 1. The van der Waals surface area contributed by atoms with E-state index < -0.39 is 0 Å². The molecule has 0 spiro atoms. The lowest BCUT2D eigenvalue weighted by molar-refractivity contribution is 0.0916. The van der Waals surface area contributed by atoms with E-state index in [4.69, 9.17) is 4.74 Å². The Morgan fingerprint density at radius 3 is 2.62 bits per heavy atom. The molecule has 124 valence electrons. The average molecular weight is 324 g/mol. The second-order valence-corrected chi connectivity index (χ2v) is 5.96. The summed E-state index contributed by atoms with van der Waals surface area (Å²) in [6.45, 7) is 4.70. The smallest absolute Gasteiger partial charge is 0.414 e. The van der Waals surface area contributed by atoms with Gasteiger partial charge in [-0.25, -0.2) is 4.79 Å². The van der Waals surface area contributed by atoms with Gasteiger partial charge in [0.05, 0.1) is 13.1 Å². The quantitative estimate of drug-likeness (QED) is 0.940. The molecule has 0 aromatic heterocycles. The summed E-state index contributed by atoms with van der Waals surface area (Å²) >= 11 is 0. The number of ether oxygens (including phenoxy) is 1. The molecule has 1 heterocycles. The molecule has 1 fully saturated rings. The van der Waals surface area contributed by atoms with Gasteiger partial charge in [-0.05, 0) is 49.2 Å². The molecule has 1 atom stereocenters. The second-order valence-electron chi connectivity index (χ2n) is 5.96. The molecule has 1 aliphatic rings. The first-order valence-corrected chi connectivity index (χ1v) is 7.93. The van der Waals surface area contributed by atoms with Crippen LogP contribution in [0.4, 0.5) is 10.5 Å². The normalized spacial score (nSPS) is 16.8. The van der Waals surface area contributed by atoms with Crippen LogP contribution in [0.2, 0.25) is 0 Å². The first-order valence-electron chi connectivity index (χ1n) is 7.93. The van der Waals surface area contributed by atoms with Crippen molar-refractivity contribution in [2.45, 2.75) is 20.0 Å². The van der Waals surface area contributed by atoms with Gasteiger partial charge in [-0.15, -0.1) is 0 Å². The monoisotopic (exact) mass is 324 g/mol. The Balaban J connectivity index is 1.58. The van der Waals surface area contributed by atoms with Crippen LogP contribution in [0, 0.1) is 13.8 Å². The number of amides is 2. The number of aryl methyl sites for hydroxylation is 2. The summed E-state index contributed by atoms with van der Waals surface area (Å²) in [5, 5.41) is 2.84. The van der Waals surface area contributed by atoms with E-state index in [9.17, 15) is 9.59 Å². The molecular formula is C19H20N2O3. The van der Waals surface area contributed by atoms with Gasteiger partial charge in [-0.1, -0.05) is 24.3 Å². The summed E-state index contributed by atoms with van der Waals surface area (Å²) in [5.41, 5.74) is 3.63. The van der Waals surface area contributed by atoms with Crippen LogP contribution in [0.25, 0.3) is 0 Å². The van der Waals surface area contributed by atoms with Gasteiger partial charge in [0.1, 0.15) is 6.10 Å². The third-order valence-electron chi connectivity index (χ3n) is 4.20. The highest BCUT2D eigenvalue weighted by Gasteiger charge is 2.32. The van der Waals surface area contributed by atoms with E-state index in [2.05, 4.69) is 5.32 Å². The van der Waals surface area contributed by atoms with Gasteiger partial charge >= 0.3 is 6.09 Å². The summed E-state index contributed by atoms with van der Waals surface area (Å²) in [7, 11) is 0. The fourth-order valence-electron chi connectivity index (χ4n) is 2.64. The van der Waals surface area contributed by atoms with Gasteiger partial charge < -0.3 is 10.1 Å². The molecule has 1 aliphatic heterocycles. The van der Waals surface area contributed by atoms with Crippen molar-refractivity contribution >= 4 is 17.7 Å². The van der Waals surface area contributed by atoms with Gasteiger partial charge in [0, 0.05) is 11.3 Å². The van der Waals surface area contributed by atoms with Crippen molar-refractivity contribution in [1.82, 2.24) is 5.32 Å². The number of hydrogen-bond donors (Lipinski definition) is 1. The minimum absolute atomic E-state index is 0.160. The van der Waals surface area contributed by atoms with Crippen LogP contribution in [0.5, 0.6) is 0 Å². The molecule has 0 saturated carbocycles. The lowest BCUT2D eigenvalue weighted by Gasteiger charge is -2.13. The van der Waals surface area contributed by atoms with E-state index in [1.54, 1.807) is 11.0 Å².